The summed E-state index contributed by atoms with van der Waals surface area (Å²) < 4.78 is 1.12. The second kappa shape index (κ2) is 5.34. The first kappa shape index (κ1) is 12.8. The fraction of sp³-hybridized carbons (Fsp3) is 0.533. The summed E-state index contributed by atoms with van der Waals surface area (Å²) in [4.78, 5) is 12.2. The summed E-state index contributed by atoms with van der Waals surface area (Å²) in [7, 11) is 0. The van der Waals surface area contributed by atoms with Crippen molar-refractivity contribution in [2.24, 2.45) is 5.92 Å². The predicted molar refractivity (Wildman–Crippen MR) is 74.5 cm³/mol. The van der Waals surface area contributed by atoms with E-state index in [-0.39, 0.29) is 0 Å². The van der Waals surface area contributed by atoms with Crippen molar-refractivity contribution < 1.29 is 4.79 Å². The number of carbonyl (C=O) groups is 1. The van der Waals surface area contributed by atoms with E-state index in [1.807, 2.05) is 26.0 Å². The minimum absolute atomic E-state index is 0.315. The first-order chi connectivity index (χ1) is 8.08. The van der Waals surface area contributed by atoms with Gasteiger partial charge in [-0.05, 0) is 43.0 Å². The number of benzene rings is 1. The molecule has 1 aliphatic rings. The molecule has 2 rings (SSSR count). The number of Topliss-reactive ketones (excluding diaryl/α,β-unsaturated/α-hetero) is 1. The summed E-state index contributed by atoms with van der Waals surface area (Å²) in [6.07, 6.45) is 5.81. The van der Waals surface area contributed by atoms with Crippen LogP contribution in [-0.4, -0.2) is 5.78 Å². The van der Waals surface area contributed by atoms with Gasteiger partial charge in [0.05, 0.1) is 0 Å². The van der Waals surface area contributed by atoms with Crippen LogP contribution in [0.2, 0.25) is 0 Å². The largest absolute Gasteiger partial charge is 0.294 e. The fourth-order valence-corrected chi connectivity index (χ4v) is 2.93. The van der Waals surface area contributed by atoms with E-state index < -0.39 is 0 Å². The van der Waals surface area contributed by atoms with Gasteiger partial charge in [-0.15, -0.1) is 0 Å². The molecule has 0 bridgehead atoms. The molecule has 0 spiro atoms. The van der Waals surface area contributed by atoms with E-state index in [2.05, 4.69) is 15.9 Å². The first-order valence-electron chi connectivity index (χ1n) is 6.38. The minimum atomic E-state index is 0.315. The van der Waals surface area contributed by atoms with E-state index in [0.717, 1.165) is 27.6 Å². The molecule has 0 unspecified atom stereocenters. The van der Waals surface area contributed by atoms with Gasteiger partial charge < -0.3 is 0 Å². The van der Waals surface area contributed by atoms with Crippen LogP contribution in [0.1, 0.15) is 53.6 Å². The Morgan fingerprint density at radius 2 is 1.76 bits per heavy atom. The van der Waals surface area contributed by atoms with E-state index in [1.54, 1.807) is 0 Å². The van der Waals surface area contributed by atoms with Gasteiger partial charge in [-0.3, -0.25) is 4.79 Å². The quantitative estimate of drug-likeness (QED) is 0.730. The molecule has 0 atom stereocenters. The molecule has 0 saturated heterocycles. The molecule has 0 radical (unpaired) electrons. The Hall–Kier alpha value is -0.630. The van der Waals surface area contributed by atoms with Gasteiger partial charge in [0, 0.05) is 16.5 Å². The summed E-state index contributed by atoms with van der Waals surface area (Å²) in [5.74, 6) is 0.947. The third-order valence-electron chi connectivity index (χ3n) is 3.71. The number of rotatable bonds is 3. The lowest BCUT2D eigenvalue weighted by Gasteiger charge is -2.10. The first-order valence-corrected chi connectivity index (χ1v) is 7.17. The van der Waals surface area contributed by atoms with Gasteiger partial charge in [-0.25, -0.2) is 0 Å². The molecule has 0 aromatic heterocycles. The van der Waals surface area contributed by atoms with E-state index in [1.165, 1.54) is 25.7 Å². The second-order valence-electron chi connectivity index (χ2n) is 5.20. The van der Waals surface area contributed by atoms with Crippen molar-refractivity contribution in [1.29, 1.82) is 0 Å². The minimum Gasteiger partial charge on any atom is -0.294 e. The van der Waals surface area contributed by atoms with E-state index in [9.17, 15) is 4.79 Å². The van der Waals surface area contributed by atoms with Gasteiger partial charge in [0.1, 0.15) is 0 Å². The van der Waals surface area contributed by atoms with Crippen LogP contribution in [0.3, 0.4) is 0 Å². The van der Waals surface area contributed by atoms with Gasteiger partial charge in [0.25, 0.3) is 0 Å². The van der Waals surface area contributed by atoms with Crippen LogP contribution in [0.4, 0.5) is 0 Å². The zero-order valence-corrected chi connectivity index (χ0v) is 12.1. The van der Waals surface area contributed by atoms with Crippen LogP contribution in [0.25, 0.3) is 0 Å². The molecule has 1 saturated carbocycles. The maximum Gasteiger partial charge on any atom is 0.163 e. The molecule has 92 valence electrons. The SMILES string of the molecule is Cc1cc(C(=O)CC2CCCC2)cc(C)c1Br. The van der Waals surface area contributed by atoms with Crippen LogP contribution in [0, 0.1) is 19.8 Å². The number of halogens is 1. The second-order valence-corrected chi connectivity index (χ2v) is 5.99. The van der Waals surface area contributed by atoms with Gasteiger partial charge in [-0.1, -0.05) is 41.6 Å². The van der Waals surface area contributed by atoms with E-state index in [0.29, 0.717) is 11.7 Å². The van der Waals surface area contributed by atoms with Crippen LogP contribution >= 0.6 is 15.9 Å². The summed E-state index contributed by atoms with van der Waals surface area (Å²) in [6, 6.07) is 4.02. The molecular weight excluding hydrogens is 276 g/mol. The molecule has 1 nitrogen and oxygen atoms in total. The highest BCUT2D eigenvalue weighted by atomic mass is 79.9. The van der Waals surface area contributed by atoms with Crippen molar-refractivity contribution >= 4 is 21.7 Å². The molecule has 0 N–H and O–H groups in total. The number of hydrogen-bond donors (Lipinski definition) is 0. The Morgan fingerprint density at radius 1 is 1.24 bits per heavy atom. The highest BCUT2D eigenvalue weighted by Crippen LogP contribution is 2.30. The van der Waals surface area contributed by atoms with Gasteiger partial charge in [-0.2, -0.15) is 0 Å². The molecule has 0 heterocycles. The fourth-order valence-electron chi connectivity index (χ4n) is 2.70. The van der Waals surface area contributed by atoms with Gasteiger partial charge >= 0.3 is 0 Å². The van der Waals surface area contributed by atoms with Crippen molar-refractivity contribution in [3.8, 4) is 0 Å². The summed E-state index contributed by atoms with van der Waals surface area (Å²) >= 11 is 3.54. The van der Waals surface area contributed by atoms with Crippen LogP contribution in [0.15, 0.2) is 16.6 Å². The Balaban J connectivity index is 2.13. The molecule has 0 amide bonds. The van der Waals surface area contributed by atoms with Gasteiger partial charge in [0.15, 0.2) is 5.78 Å². The monoisotopic (exact) mass is 294 g/mol. The van der Waals surface area contributed by atoms with E-state index in [4.69, 9.17) is 0 Å². The smallest absolute Gasteiger partial charge is 0.163 e. The Morgan fingerprint density at radius 3 is 2.29 bits per heavy atom. The van der Waals surface area contributed by atoms with Crippen molar-refractivity contribution in [3.05, 3.63) is 33.3 Å². The normalized spacial score (nSPS) is 16.4. The van der Waals surface area contributed by atoms with Crippen LogP contribution in [0.5, 0.6) is 0 Å². The molecule has 1 aliphatic carbocycles. The lowest BCUT2D eigenvalue weighted by atomic mass is 9.95. The Bertz CT molecular complexity index is 408. The average molecular weight is 295 g/mol. The maximum absolute atomic E-state index is 12.2. The van der Waals surface area contributed by atoms with Crippen LogP contribution in [-0.2, 0) is 0 Å². The van der Waals surface area contributed by atoms with Crippen molar-refractivity contribution in [2.45, 2.75) is 46.0 Å². The molecule has 1 fully saturated rings. The summed E-state index contributed by atoms with van der Waals surface area (Å²) in [6.45, 7) is 4.09. The maximum atomic E-state index is 12.2. The lowest BCUT2D eigenvalue weighted by Crippen LogP contribution is -2.06. The summed E-state index contributed by atoms with van der Waals surface area (Å²) in [5.41, 5.74) is 3.19. The predicted octanol–water partition coefficient (Wildman–Crippen LogP) is 4.83. The Labute approximate surface area is 112 Å². The van der Waals surface area contributed by atoms with E-state index >= 15 is 0 Å². The van der Waals surface area contributed by atoms with Gasteiger partial charge in [0.2, 0.25) is 0 Å². The molecule has 1 aromatic carbocycles. The van der Waals surface area contributed by atoms with Crippen molar-refractivity contribution in [3.63, 3.8) is 0 Å². The van der Waals surface area contributed by atoms with Crippen molar-refractivity contribution in [2.75, 3.05) is 0 Å². The third-order valence-corrected chi connectivity index (χ3v) is 4.96. The number of hydrogen-bond acceptors (Lipinski definition) is 1. The Kier molecular flexibility index (Phi) is 4.03. The molecular formula is C15H19BrO. The van der Waals surface area contributed by atoms with Crippen LogP contribution < -0.4 is 0 Å². The summed E-state index contributed by atoms with van der Waals surface area (Å²) in [5, 5.41) is 0. The van der Waals surface area contributed by atoms with Crippen molar-refractivity contribution in [1.82, 2.24) is 0 Å². The standard InChI is InChI=1S/C15H19BrO/c1-10-7-13(8-11(2)15(10)16)14(17)9-12-5-3-4-6-12/h7-8,12H,3-6,9H2,1-2H3. The highest BCUT2D eigenvalue weighted by molar-refractivity contribution is 9.10. The third kappa shape index (κ3) is 2.98. The zero-order chi connectivity index (χ0) is 12.4. The molecule has 17 heavy (non-hydrogen) atoms. The lowest BCUT2D eigenvalue weighted by molar-refractivity contribution is 0.0962. The average Bonchev–Trinajstić information content (AvgIpc) is 2.77. The number of aryl methyl sites for hydroxylation is 2. The highest BCUT2D eigenvalue weighted by Gasteiger charge is 2.19. The molecule has 1 aromatic rings. The topological polar surface area (TPSA) is 17.1 Å². The zero-order valence-electron chi connectivity index (χ0n) is 10.6. The number of ketones is 1. The molecule has 2 heteroatoms. The molecule has 0 aliphatic heterocycles. The number of carbonyl (C=O) groups excluding carboxylic acids is 1.